The van der Waals surface area contributed by atoms with Crippen molar-refractivity contribution in [3.8, 4) is 23.6 Å². The number of aryl methyl sites for hydroxylation is 1. The molecule has 0 bridgehead atoms. The van der Waals surface area contributed by atoms with Crippen molar-refractivity contribution >= 4 is 8.53 Å². The second kappa shape index (κ2) is 16.8. The van der Waals surface area contributed by atoms with Crippen LogP contribution in [0.4, 0.5) is 0 Å². The van der Waals surface area contributed by atoms with Crippen LogP contribution >= 0.6 is 8.53 Å². The Labute approximate surface area is 312 Å². The fraction of sp³-hybridized carbons (Fsp3) is 0.425. The number of aromatic nitrogens is 2. The van der Waals surface area contributed by atoms with Crippen molar-refractivity contribution in [2.75, 3.05) is 27.4 Å². The van der Waals surface area contributed by atoms with Gasteiger partial charge in [-0.05, 0) is 75.6 Å². The number of fused-ring (bicyclic) bond motifs is 3. The fourth-order valence-corrected chi connectivity index (χ4v) is 8.71. The van der Waals surface area contributed by atoms with E-state index < -0.39 is 38.7 Å². The Kier molecular flexibility index (Phi) is 12.1. The molecule has 0 spiro atoms. The van der Waals surface area contributed by atoms with E-state index in [4.69, 9.17) is 32.7 Å². The minimum absolute atomic E-state index is 0.0651. The van der Waals surface area contributed by atoms with Gasteiger partial charge in [0.15, 0.2) is 12.3 Å². The van der Waals surface area contributed by atoms with Gasteiger partial charge in [-0.25, -0.2) is 4.67 Å². The zero-order chi connectivity index (χ0) is 37.7. The SMILES string of the molecule is COc1ccc(C(OC[C@H]2O[C@@H]3[C@@H](Oc4nc(=O)c(C)cn43)[C@@H]2OP(OCCC#N)N(C(C)C)C(C)C)(c2ccccc2)c2ccc(OC)cc2)cc1. The van der Waals surface area contributed by atoms with Crippen LogP contribution in [0.25, 0.3) is 0 Å². The third kappa shape index (κ3) is 7.83. The van der Waals surface area contributed by atoms with Gasteiger partial charge in [0.05, 0.1) is 39.9 Å². The standard InChI is InChI=1S/C40H47N4O8P/c1-26(2)44(27(3)4)53(49-23-11-22-41)52-35-34(50-38-36(35)51-39-42-37(45)28(5)24-43(38)39)25-48-40(29-12-9-8-10-13-29,30-14-18-32(46-6)19-15-30)31-16-20-33(47-7)21-17-31/h8-10,12-21,24,26-27,34-36,38H,11,23,25H2,1-7H3/t34-,35-,36+,38-,53?/m1/s1. The Balaban J connectivity index is 1.44. The highest BCUT2D eigenvalue weighted by Crippen LogP contribution is 2.52. The van der Waals surface area contributed by atoms with Gasteiger partial charge in [0.1, 0.15) is 29.3 Å². The molecule has 0 amide bonds. The number of nitrogens with zero attached hydrogens (tertiary/aromatic N) is 4. The van der Waals surface area contributed by atoms with E-state index in [1.807, 2.05) is 78.9 Å². The predicted molar refractivity (Wildman–Crippen MR) is 200 cm³/mol. The van der Waals surface area contributed by atoms with Crippen molar-refractivity contribution in [1.82, 2.24) is 14.2 Å². The number of nitriles is 1. The van der Waals surface area contributed by atoms with Gasteiger partial charge >= 0.3 is 6.01 Å². The molecule has 5 atom stereocenters. The summed E-state index contributed by atoms with van der Waals surface area (Å²) < 4.78 is 48.7. The maximum Gasteiger partial charge on any atom is 0.302 e. The molecule has 4 aromatic rings. The number of benzene rings is 3. The van der Waals surface area contributed by atoms with E-state index in [1.54, 1.807) is 31.9 Å². The van der Waals surface area contributed by atoms with Crippen LogP contribution in [0.5, 0.6) is 17.5 Å². The lowest BCUT2D eigenvalue weighted by Crippen LogP contribution is -2.43. The van der Waals surface area contributed by atoms with Crippen LogP contribution in [-0.2, 0) is 24.1 Å². The Morgan fingerprint density at radius 1 is 0.925 bits per heavy atom. The van der Waals surface area contributed by atoms with Gasteiger partial charge in [0.25, 0.3) is 14.1 Å². The molecule has 0 saturated carbocycles. The van der Waals surface area contributed by atoms with E-state index in [9.17, 15) is 10.1 Å². The van der Waals surface area contributed by atoms with E-state index in [2.05, 4.69) is 43.4 Å². The van der Waals surface area contributed by atoms with E-state index >= 15 is 0 Å². The lowest BCUT2D eigenvalue weighted by Gasteiger charge is -2.39. The maximum atomic E-state index is 12.5. The first-order valence-corrected chi connectivity index (χ1v) is 18.9. The van der Waals surface area contributed by atoms with Gasteiger partial charge in [-0.1, -0.05) is 54.6 Å². The van der Waals surface area contributed by atoms with Crippen molar-refractivity contribution in [2.24, 2.45) is 0 Å². The Hall–Kier alpha value is -4.34. The summed E-state index contributed by atoms with van der Waals surface area (Å²) in [6.45, 7) is 10.3. The zero-order valence-corrected chi connectivity index (χ0v) is 32.1. The quantitative estimate of drug-likeness (QED) is 0.0676. The normalized spacial score (nSPS) is 19.9. The number of rotatable bonds is 16. The highest BCUT2D eigenvalue weighted by Gasteiger charge is 2.55. The molecule has 0 N–H and O–H groups in total. The van der Waals surface area contributed by atoms with Gasteiger partial charge < -0.3 is 32.7 Å². The van der Waals surface area contributed by atoms with Crippen LogP contribution in [-0.4, -0.2) is 72.1 Å². The highest BCUT2D eigenvalue weighted by atomic mass is 31.2. The first-order valence-electron chi connectivity index (χ1n) is 17.8. The summed E-state index contributed by atoms with van der Waals surface area (Å²) in [4.78, 5) is 16.7. The molecule has 2 aliphatic heterocycles. The van der Waals surface area contributed by atoms with E-state index in [0.717, 1.165) is 16.7 Å². The number of hydrogen-bond donors (Lipinski definition) is 0. The summed E-state index contributed by atoms with van der Waals surface area (Å²) in [5.41, 5.74) is 1.64. The maximum absolute atomic E-state index is 12.5. The van der Waals surface area contributed by atoms with Crippen molar-refractivity contribution in [2.45, 2.75) is 83.3 Å². The van der Waals surface area contributed by atoms with Crippen LogP contribution in [0.3, 0.4) is 0 Å². The van der Waals surface area contributed by atoms with E-state index in [1.165, 1.54) is 0 Å². The van der Waals surface area contributed by atoms with E-state index in [-0.39, 0.29) is 43.3 Å². The average Bonchev–Trinajstić information content (AvgIpc) is 3.67. The minimum atomic E-state index is -1.70. The molecule has 13 heteroatoms. The average molecular weight is 743 g/mol. The monoisotopic (exact) mass is 742 g/mol. The molecule has 0 aliphatic carbocycles. The van der Waals surface area contributed by atoms with Crippen LogP contribution < -0.4 is 19.8 Å². The van der Waals surface area contributed by atoms with Gasteiger partial charge in [0, 0.05) is 23.8 Å². The fourth-order valence-electron chi connectivity index (χ4n) is 6.94. The van der Waals surface area contributed by atoms with Crippen LogP contribution in [0.15, 0.2) is 89.9 Å². The number of hydrogen-bond acceptors (Lipinski definition) is 11. The minimum Gasteiger partial charge on any atom is -0.497 e. The summed E-state index contributed by atoms with van der Waals surface area (Å²) in [6.07, 6.45) is -0.780. The summed E-state index contributed by atoms with van der Waals surface area (Å²) in [5.74, 6) is 1.43. The summed E-state index contributed by atoms with van der Waals surface area (Å²) in [7, 11) is 1.58. The van der Waals surface area contributed by atoms with Crippen molar-refractivity contribution in [3.63, 3.8) is 0 Å². The molecular formula is C40H47N4O8P. The van der Waals surface area contributed by atoms with Gasteiger partial charge in [-0.15, -0.1) is 0 Å². The summed E-state index contributed by atoms with van der Waals surface area (Å²) >= 11 is 0. The van der Waals surface area contributed by atoms with Crippen molar-refractivity contribution in [3.05, 3.63) is 118 Å². The molecule has 1 fully saturated rings. The van der Waals surface area contributed by atoms with Crippen molar-refractivity contribution in [1.29, 1.82) is 5.26 Å². The topological polar surface area (TPSA) is 127 Å². The molecule has 1 aromatic heterocycles. The van der Waals surface area contributed by atoms with Crippen LogP contribution in [0, 0.1) is 18.3 Å². The highest BCUT2D eigenvalue weighted by molar-refractivity contribution is 7.44. The molecule has 280 valence electrons. The molecule has 53 heavy (non-hydrogen) atoms. The Morgan fingerprint density at radius 2 is 1.51 bits per heavy atom. The first kappa shape index (κ1) is 38.4. The van der Waals surface area contributed by atoms with Gasteiger partial charge in [-0.2, -0.15) is 10.2 Å². The van der Waals surface area contributed by atoms with Gasteiger partial charge in [-0.3, -0.25) is 9.36 Å². The molecule has 12 nitrogen and oxygen atoms in total. The van der Waals surface area contributed by atoms with Crippen LogP contribution in [0.2, 0.25) is 0 Å². The van der Waals surface area contributed by atoms with Crippen LogP contribution in [0.1, 0.15) is 62.6 Å². The van der Waals surface area contributed by atoms with Gasteiger partial charge in [0.2, 0.25) is 0 Å². The predicted octanol–water partition coefficient (Wildman–Crippen LogP) is 6.90. The Bertz CT molecular complexity index is 1860. The summed E-state index contributed by atoms with van der Waals surface area (Å²) in [5, 5.41) is 9.33. The number of methoxy groups -OCH3 is 2. The Morgan fingerprint density at radius 3 is 2.06 bits per heavy atom. The molecule has 1 saturated heterocycles. The second-order valence-electron chi connectivity index (χ2n) is 13.5. The summed E-state index contributed by atoms with van der Waals surface area (Å²) in [6, 6.07) is 28.2. The van der Waals surface area contributed by atoms with E-state index in [0.29, 0.717) is 17.1 Å². The van der Waals surface area contributed by atoms with Crippen molar-refractivity contribution < 1.29 is 32.7 Å². The zero-order valence-electron chi connectivity index (χ0n) is 31.2. The smallest absolute Gasteiger partial charge is 0.302 e. The number of ether oxygens (including phenoxy) is 5. The molecule has 3 aromatic carbocycles. The molecule has 2 aliphatic rings. The largest absolute Gasteiger partial charge is 0.497 e. The first-order chi connectivity index (χ1) is 25.6. The third-order valence-electron chi connectivity index (χ3n) is 9.40. The third-order valence-corrected chi connectivity index (χ3v) is 11.5. The lowest BCUT2D eigenvalue weighted by molar-refractivity contribution is -0.0915. The molecule has 0 radical (unpaired) electrons. The second-order valence-corrected chi connectivity index (χ2v) is 14.9. The molecular weight excluding hydrogens is 695 g/mol. The molecule has 3 heterocycles. The molecule has 1 unspecified atom stereocenters. The molecule has 6 rings (SSSR count). The lowest BCUT2D eigenvalue weighted by atomic mass is 9.80.